The molecule has 0 unspecified atom stereocenters. The fourth-order valence-corrected chi connectivity index (χ4v) is 3.92. The molecule has 3 saturated heterocycles. The summed E-state index contributed by atoms with van der Waals surface area (Å²) in [6, 6.07) is -0.353. The molecule has 0 aromatic rings. The van der Waals surface area contributed by atoms with Gasteiger partial charge in [0.1, 0.15) is 6.04 Å². The molecule has 0 bridgehead atoms. The summed E-state index contributed by atoms with van der Waals surface area (Å²) >= 11 is 0. The normalized spacial score (nSPS) is 40.0. The molecule has 4 rings (SSSR count). The quantitative estimate of drug-likeness (QED) is 0.687. The maximum Gasteiger partial charge on any atom is 0.327 e. The number of rotatable bonds is 2. The Morgan fingerprint density at radius 1 is 1.15 bits per heavy atom. The van der Waals surface area contributed by atoms with E-state index in [2.05, 4.69) is 6.92 Å². The molecule has 1 aliphatic carbocycles. The van der Waals surface area contributed by atoms with E-state index in [-0.39, 0.29) is 29.9 Å². The van der Waals surface area contributed by atoms with Crippen LogP contribution in [0.4, 0.5) is 4.79 Å². The van der Waals surface area contributed by atoms with Gasteiger partial charge in [-0.2, -0.15) is 0 Å². The van der Waals surface area contributed by atoms with E-state index >= 15 is 0 Å². The van der Waals surface area contributed by atoms with Crippen LogP contribution in [0.3, 0.4) is 0 Å². The maximum absolute atomic E-state index is 12.4. The zero-order valence-electron chi connectivity index (χ0n) is 11.6. The predicted octanol–water partition coefficient (Wildman–Crippen LogP) is 0.422. The van der Waals surface area contributed by atoms with Crippen molar-refractivity contribution in [1.82, 2.24) is 14.7 Å². The lowest BCUT2D eigenvalue weighted by Gasteiger charge is -2.22. The minimum absolute atomic E-state index is 0.0870. The summed E-state index contributed by atoms with van der Waals surface area (Å²) in [5.74, 6) is 0.568. The molecule has 4 fully saturated rings. The van der Waals surface area contributed by atoms with Crippen LogP contribution >= 0.6 is 0 Å². The van der Waals surface area contributed by atoms with Gasteiger partial charge in [0.25, 0.3) is 5.91 Å². The SMILES string of the molecule is C[C@@H]1C[C@H]1N1C[C@@H](N2C(=O)[C@H]3CCCN3C2=O)CC1=O. The lowest BCUT2D eigenvalue weighted by Crippen LogP contribution is -2.43. The molecule has 0 spiro atoms. The number of nitrogens with zero attached hydrogens (tertiary/aromatic N) is 3. The van der Waals surface area contributed by atoms with Crippen LogP contribution in [0.5, 0.6) is 0 Å². The van der Waals surface area contributed by atoms with E-state index in [1.165, 1.54) is 4.90 Å². The van der Waals surface area contributed by atoms with Crippen molar-refractivity contribution < 1.29 is 14.4 Å². The third-order valence-corrected chi connectivity index (χ3v) is 5.20. The highest BCUT2D eigenvalue weighted by atomic mass is 16.2. The molecule has 0 N–H and O–H groups in total. The van der Waals surface area contributed by atoms with Crippen LogP contribution in [-0.4, -0.2) is 63.8 Å². The number of hydrogen-bond acceptors (Lipinski definition) is 3. The summed E-state index contributed by atoms with van der Waals surface area (Å²) in [6.45, 7) is 3.34. The third kappa shape index (κ3) is 1.53. The highest BCUT2D eigenvalue weighted by Crippen LogP contribution is 2.39. The van der Waals surface area contributed by atoms with E-state index < -0.39 is 0 Å². The predicted molar refractivity (Wildman–Crippen MR) is 69.7 cm³/mol. The van der Waals surface area contributed by atoms with Crippen molar-refractivity contribution >= 4 is 17.8 Å². The van der Waals surface area contributed by atoms with Gasteiger partial charge in [-0.05, 0) is 25.2 Å². The van der Waals surface area contributed by atoms with Crippen LogP contribution in [0.25, 0.3) is 0 Å². The van der Waals surface area contributed by atoms with Gasteiger partial charge in [0.15, 0.2) is 0 Å². The molecule has 6 heteroatoms. The summed E-state index contributed by atoms with van der Waals surface area (Å²) < 4.78 is 0. The van der Waals surface area contributed by atoms with Gasteiger partial charge in [0, 0.05) is 25.6 Å². The number of fused-ring (bicyclic) bond motifs is 1. The Hall–Kier alpha value is -1.59. The van der Waals surface area contributed by atoms with Crippen LogP contribution in [0, 0.1) is 5.92 Å². The first-order chi connectivity index (χ1) is 9.58. The van der Waals surface area contributed by atoms with Crippen LogP contribution in [0.1, 0.15) is 32.6 Å². The molecule has 0 aromatic heterocycles. The second-order valence-corrected chi connectivity index (χ2v) is 6.53. The van der Waals surface area contributed by atoms with Crippen molar-refractivity contribution in [1.29, 1.82) is 0 Å². The van der Waals surface area contributed by atoms with Gasteiger partial charge >= 0.3 is 6.03 Å². The number of amides is 4. The van der Waals surface area contributed by atoms with Crippen molar-refractivity contribution in [3.8, 4) is 0 Å². The second kappa shape index (κ2) is 3.96. The number of hydrogen-bond donors (Lipinski definition) is 0. The van der Waals surface area contributed by atoms with E-state index in [9.17, 15) is 14.4 Å². The summed E-state index contributed by atoms with van der Waals surface area (Å²) in [4.78, 5) is 41.7. The van der Waals surface area contributed by atoms with Crippen LogP contribution in [0.15, 0.2) is 0 Å². The molecule has 4 aliphatic rings. The number of imide groups is 1. The first-order valence-electron chi connectivity index (χ1n) is 7.51. The zero-order valence-corrected chi connectivity index (χ0v) is 11.6. The number of likely N-dealkylation sites (tertiary alicyclic amines) is 1. The molecule has 6 nitrogen and oxygen atoms in total. The molecule has 3 heterocycles. The Morgan fingerprint density at radius 3 is 2.55 bits per heavy atom. The number of carbonyl (C=O) groups is 3. The van der Waals surface area contributed by atoms with Gasteiger partial charge < -0.3 is 9.80 Å². The summed E-state index contributed by atoms with van der Waals surface area (Å²) in [7, 11) is 0. The molecule has 4 amide bonds. The largest absolute Gasteiger partial charge is 0.337 e. The van der Waals surface area contributed by atoms with Crippen molar-refractivity contribution in [3.05, 3.63) is 0 Å². The number of carbonyl (C=O) groups excluding carboxylic acids is 3. The highest BCUT2D eigenvalue weighted by molar-refractivity contribution is 6.05. The Bertz CT molecular complexity index is 484. The van der Waals surface area contributed by atoms with E-state index in [1.54, 1.807) is 4.90 Å². The summed E-state index contributed by atoms with van der Waals surface area (Å²) in [6.07, 6.45) is 3.03. The lowest BCUT2D eigenvalue weighted by atomic mass is 10.2. The van der Waals surface area contributed by atoms with E-state index in [4.69, 9.17) is 0 Å². The first-order valence-corrected chi connectivity index (χ1v) is 7.51. The Kier molecular flexibility index (Phi) is 2.41. The molecule has 108 valence electrons. The average Bonchev–Trinajstić information content (AvgIpc) is 2.81. The Morgan fingerprint density at radius 2 is 1.90 bits per heavy atom. The molecule has 20 heavy (non-hydrogen) atoms. The molecule has 1 saturated carbocycles. The molecule has 3 aliphatic heterocycles. The van der Waals surface area contributed by atoms with Crippen LogP contribution in [-0.2, 0) is 9.59 Å². The minimum Gasteiger partial charge on any atom is -0.337 e. The van der Waals surface area contributed by atoms with Crippen LogP contribution < -0.4 is 0 Å². The van der Waals surface area contributed by atoms with Crippen molar-refractivity contribution in [2.45, 2.75) is 50.7 Å². The molecule has 4 atom stereocenters. The fraction of sp³-hybridized carbons (Fsp3) is 0.786. The maximum atomic E-state index is 12.4. The van der Waals surface area contributed by atoms with E-state index in [1.807, 2.05) is 4.90 Å². The van der Waals surface area contributed by atoms with Gasteiger partial charge in [0.05, 0.1) is 6.04 Å². The minimum atomic E-state index is -0.258. The number of urea groups is 1. The molecule has 0 aromatic carbocycles. The fourth-order valence-electron chi connectivity index (χ4n) is 3.92. The van der Waals surface area contributed by atoms with Crippen LogP contribution in [0.2, 0.25) is 0 Å². The zero-order chi connectivity index (χ0) is 14.0. The Balaban J connectivity index is 1.53. The first kappa shape index (κ1) is 12.2. The van der Waals surface area contributed by atoms with Gasteiger partial charge in [-0.25, -0.2) is 4.79 Å². The smallest absolute Gasteiger partial charge is 0.327 e. The lowest BCUT2D eigenvalue weighted by molar-refractivity contribution is -0.129. The summed E-state index contributed by atoms with van der Waals surface area (Å²) in [5.41, 5.74) is 0. The molecular weight excluding hydrogens is 258 g/mol. The van der Waals surface area contributed by atoms with Gasteiger partial charge in [-0.1, -0.05) is 6.92 Å². The highest BCUT2D eigenvalue weighted by Gasteiger charge is 2.53. The van der Waals surface area contributed by atoms with E-state index in [0.29, 0.717) is 31.5 Å². The Labute approximate surface area is 117 Å². The van der Waals surface area contributed by atoms with Crippen molar-refractivity contribution in [2.24, 2.45) is 5.92 Å². The monoisotopic (exact) mass is 277 g/mol. The third-order valence-electron chi connectivity index (χ3n) is 5.20. The van der Waals surface area contributed by atoms with Crippen molar-refractivity contribution in [3.63, 3.8) is 0 Å². The van der Waals surface area contributed by atoms with Gasteiger partial charge in [-0.15, -0.1) is 0 Å². The van der Waals surface area contributed by atoms with Gasteiger partial charge in [0.2, 0.25) is 5.91 Å². The average molecular weight is 277 g/mol. The summed E-state index contributed by atoms with van der Waals surface area (Å²) in [5, 5.41) is 0. The standard InChI is InChI=1S/C14H19N3O3/c1-8-5-11(8)16-7-9(6-12(16)18)17-13(19)10-3-2-4-15(10)14(17)20/h8-11H,2-7H2,1H3/t8-,9+,10-,11-/m1/s1. The van der Waals surface area contributed by atoms with E-state index in [0.717, 1.165) is 19.3 Å². The topological polar surface area (TPSA) is 60.9 Å². The van der Waals surface area contributed by atoms with Crippen molar-refractivity contribution in [2.75, 3.05) is 13.1 Å². The second-order valence-electron chi connectivity index (χ2n) is 6.53. The van der Waals surface area contributed by atoms with Gasteiger partial charge in [-0.3, -0.25) is 14.5 Å². The molecular formula is C14H19N3O3. The molecule has 0 radical (unpaired) electrons.